The molecular weight excluding hydrogens is 244 g/mol. The monoisotopic (exact) mass is 258 g/mol. The maximum atomic E-state index is 12.1. The average Bonchev–Trinajstić information content (AvgIpc) is 2.88. The second kappa shape index (κ2) is 3.48. The van der Waals surface area contributed by atoms with E-state index in [4.69, 9.17) is 11.6 Å². The van der Waals surface area contributed by atoms with Crippen molar-refractivity contribution in [2.75, 3.05) is 0 Å². The van der Waals surface area contributed by atoms with Gasteiger partial charge in [0.1, 0.15) is 5.78 Å². The van der Waals surface area contributed by atoms with E-state index < -0.39 is 0 Å². The zero-order valence-corrected chi connectivity index (χ0v) is 10.9. The minimum Gasteiger partial charge on any atom is -0.299 e. The van der Waals surface area contributed by atoms with Crippen LogP contribution in [0.5, 0.6) is 0 Å². The zero-order chi connectivity index (χ0) is 12.3. The Morgan fingerprint density at radius 1 is 1.28 bits per heavy atom. The van der Waals surface area contributed by atoms with Crippen LogP contribution in [0.3, 0.4) is 0 Å². The third-order valence-electron chi connectivity index (χ3n) is 5.01. The van der Waals surface area contributed by atoms with E-state index in [9.17, 15) is 4.79 Å². The molecule has 2 heteroatoms. The number of halogens is 1. The van der Waals surface area contributed by atoms with E-state index in [1.807, 2.05) is 12.1 Å². The van der Waals surface area contributed by atoms with Crippen molar-refractivity contribution in [1.82, 2.24) is 0 Å². The number of hydrogen-bond donors (Lipinski definition) is 0. The highest BCUT2D eigenvalue weighted by atomic mass is 35.5. The van der Waals surface area contributed by atoms with Crippen molar-refractivity contribution in [3.05, 3.63) is 46.5 Å². The summed E-state index contributed by atoms with van der Waals surface area (Å²) in [6.45, 7) is 0. The van der Waals surface area contributed by atoms with E-state index >= 15 is 0 Å². The number of carbonyl (C=O) groups excluding carboxylic acids is 1. The molecule has 4 rings (SSSR count). The predicted octanol–water partition coefficient (Wildman–Crippen LogP) is 3.69. The lowest BCUT2D eigenvalue weighted by molar-refractivity contribution is -0.120. The first-order valence-corrected chi connectivity index (χ1v) is 7.05. The molecule has 1 nitrogen and oxygen atoms in total. The Kier molecular flexibility index (Phi) is 2.09. The van der Waals surface area contributed by atoms with E-state index in [0.717, 1.165) is 11.4 Å². The number of ketones is 1. The topological polar surface area (TPSA) is 17.1 Å². The van der Waals surface area contributed by atoms with E-state index in [0.29, 0.717) is 30.5 Å². The van der Waals surface area contributed by atoms with Gasteiger partial charge in [0.15, 0.2) is 0 Å². The summed E-state index contributed by atoms with van der Waals surface area (Å²) in [5, 5.41) is 0.862. The molecule has 1 aromatic carbocycles. The molecule has 18 heavy (non-hydrogen) atoms. The lowest BCUT2D eigenvalue weighted by atomic mass is 9.62. The number of carbonyl (C=O) groups is 1. The van der Waals surface area contributed by atoms with Crippen molar-refractivity contribution < 1.29 is 4.79 Å². The second-order valence-electron chi connectivity index (χ2n) is 6.01. The van der Waals surface area contributed by atoms with Crippen molar-refractivity contribution in [2.24, 2.45) is 11.8 Å². The van der Waals surface area contributed by atoms with Crippen LogP contribution in [0.4, 0.5) is 0 Å². The fraction of sp³-hybridized carbons (Fsp3) is 0.438. The fourth-order valence-corrected chi connectivity index (χ4v) is 4.82. The molecule has 1 fully saturated rings. The van der Waals surface area contributed by atoms with Gasteiger partial charge in [-0.15, -0.1) is 0 Å². The lowest BCUT2D eigenvalue weighted by Gasteiger charge is -2.41. The quantitative estimate of drug-likeness (QED) is 0.649. The SMILES string of the molecule is O=C1Cc2cccc(Cl)c2C2(C1)CC1C=CC2C1. The van der Waals surface area contributed by atoms with Crippen molar-refractivity contribution in [3.8, 4) is 0 Å². The van der Waals surface area contributed by atoms with E-state index in [1.54, 1.807) is 0 Å². The van der Waals surface area contributed by atoms with Crippen LogP contribution in [0.1, 0.15) is 30.4 Å². The molecule has 0 aliphatic heterocycles. The van der Waals surface area contributed by atoms with Crippen LogP contribution in [0.25, 0.3) is 0 Å². The van der Waals surface area contributed by atoms with Crippen molar-refractivity contribution in [1.29, 1.82) is 0 Å². The highest BCUT2D eigenvalue weighted by molar-refractivity contribution is 6.31. The van der Waals surface area contributed by atoms with Gasteiger partial charge < -0.3 is 0 Å². The van der Waals surface area contributed by atoms with Crippen molar-refractivity contribution in [3.63, 3.8) is 0 Å². The minimum absolute atomic E-state index is 0.0163. The summed E-state index contributed by atoms with van der Waals surface area (Å²) in [4.78, 5) is 12.1. The summed E-state index contributed by atoms with van der Waals surface area (Å²) < 4.78 is 0. The first-order valence-electron chi connectivity index (χ1n) is 6.67. The summed E-state index contributed by atoms with van der Waals surface area (Å²) in [5.41, 5.74) is 2.46. The van der Waals surface area contributed by atoms with Gasteiger partial charge in [-0.2, -0.15) is 0 Å². The average molecular weight is 259 g/mol. The Hall–Kier alpha value is -1.08. The van der Waals surface area contributed by atoms with Crippen LogP contribution in [0.2, 0.25) is 5.02 Å². The highest BCUT2D eigenvalue weighted by Crippen LogP contribution is 2.58. The number of allylic oxidation sites excluding steroid dienone is 2. The first-order chi connectivity index (χ1) is 8.69. The largest absolute Gasteiger partial charge is 0.299 e. The molecule has 3 atom stereocenters. The molecule has 92 valence electrons. The molecule has 0 saturated heterocycles. The summed E-state index contributed by atoms with van der Waals surface area (Å²) in [7, 11) is 0. The molecule has 0 aromatic heterocycles. The van der Waals surface area contributed by atoms with E-state index in [1.165, 1.54) is 17.5 Å². The Morgan fingerprint density at radius 2 is 2.17 bits per heavy atom. The van der Waals surface area contributed by atoms with Gasteiger partial charge in [0.2, 0.25) is 0 Å². The van der Waals surface area contributed by atoms with Gasteiger partial charge in [-0.3, -0.25) is 4.79 Å². The molecular formula is C16H15ClO. The molecule has 0 heterocycles. The number of benzene rings is 1. The number of Topliss-reactive ketones (excluding diaryl/α,β-unsaturated/α-hetero) is 1. The molecule has 0 radical (unpaired) electrons. The van der Waals surface area contributed by atoms with Crippen LogP contribution in [0.15, 0.2) is 30.4 Å². The highest BCUT2D eigenvalue weighted by Gasteiger charge is 2.53. The van der Waals surface area contributed by atoms with Gasteiger partial charge in [0.25, 0.3) is 0 Å². The van der Waals surface area contributed by atoms with Crippen LogP contribution >= 0.6 is 11.6 Å². The van der Waals surface area contributed by atoms with Gasteiger partial charge >= 0.3 is 0 Å². The maximum absolute atomic E-state index is 12.1. The Morgan fingerprint density at radius 3 is 2.89 bits per heavy atom. The normalized spacial score (nSPS) is 36.4. The Balaban J connectivity index is 1.96. The summed E-state index contributed by atoms with van der Waals surface area (Å²) in [6, 6.07) is 6.03. The molecule has 3 unspecified atom stereocenters. The zero-order valence-electron chi connectivity index (χ0n) is 10.2. The maximum Gasteiger partial charge on any atom is 0.138 e. The van der Waals surface area contributed by atoms with Crippen LogP contribution < -0.4 is 0 Å². The smallest absolute Gasteiger partial charge is 0.138 e. The van der Waals surface area contributed by atoms with Crippen molar-refractivity contribution >= 4 is 17.4 Å². The predicted molar refractivity (Wildman–Crippen MR) is 71.8 cm³/mol. The van der Waals surface area contributed by atoms with Crippen molar-refractivity contribution in [2.45, 2.75) is 31.1 Å². The summed E-state index contributed by atoms with van der Waals surface area (Å²) in [6.07, 6.45) is 8.22. The molecule has 3 aliphatic carbocycles. The fourth-order valence-electron chi connectivity index (χ4n) is 4.43. The molecule has 0 N–H and O–H groups in total. The minimum atomic E-state index is 0.0163. The molecule has 1 aromatic rings. The van der Waals surface area contributed by atoms with Gasteiger partial charge in [-0.25, -0.2) is 0 Å². The number of hydrogen-bond acceptors (Lipinski definition) is 1. The Bertz CT molecular complexity index is 574. The van der Waals surface area contributed by atoms with E-state index in [-0.39, 0.29) is 5.41 Å². The van der Waals surface area contributed by atoms with Crippen LogP contribution in [-0.2, 0) is 16.6 Å². The Labute approximate surface area is 112 Å². The van der Waals surface area contributed by atoms with Crippen LogP contribution in [0, 0.1) is 11.8 Å². The standard InChI is InChI=1S/C16H15ClO/c17-14-3-1-2-11-7-13(18)9-16(15(11)14)8-10-4-5-12(16)6-10/h1-5,10,12H,6-9H2. The molecule has 3 aliphatic rings. The first kappa shape index (κ1) is 10.8. The molecule has 1 spiro atoms. The van der Waals surface area contributed by atoms with Gasteiger partial charge in [0.05, 0.1) is 0 Å². The summed E-state index contributed by atoms with van der Waals surface area (Å²) in [5.74, 6) is 1.56. The molecule has 0 amide bonds. The molecule has 1 saturated carbocycles. The van der Waals surface area contributed by atoms with Gasteiger partial charge in [-0.05, 0) is 41.9 Å². The molecule has 2 bridgehead atoms. The summed E-state index contributed by atoms with van der Waals surface area (Å²) >= 11 is 6.46. The number of fused-ring (bicyclic) bond motifs is 5. The third-order valence-corrected chi connectivity index (χ3v) is 5.32. The van der Waals surface area contributed by atoms with Crippen LogP contribution in [-0.4, -0.2) is 5.78 Å². The van der Waals surface area contributed by atoms with E-state index in [2.05, 4.69) is 18.2 Å². The van der Waals surface area contributed by atoms with Gasteiger partial charge in [0, 0.05) is 23.3 Å². The lowest BCUT2D eigenvalue weighted by Crippen LogP contribution is -2.39. The third kappa shape index (κ3) is 1.26. The number of rotatable bonds is 0. The second-order valence-corrected chi connectivity index (χ2v) is 6.42. The van der Waals surface area contributed by atoms with Gasteiger partial charge in [-0.1, -0.05) is 35.9 Å².